The second-order valence-electron chi connectivity index (χ2n) is 5.54. The molecule has 0 spiro atoms. The predicted molar refractivity (Wildman–Crippen MR) is 53.2 cm³/mol. The first kappa shape index (κ1) is 8.59. The molecule has 0 amide bonds. The standard InChI is InChI=1S/C12H22/c1-11-7-3-5-9-12(11,2)10-6-4-8-11/h3-10H2,1-2H3. The fraction of sp³-hybridized carbons (Fsp3) is 1.00. The minimum absolute atomic E-state index is 0.712. The second-order valence-corrected chi connectivity index (χ2v) is 5.54. The molecule has 0 heterocycles. The van der Waals surface area contributed by atoms with Gasteiger partial charge in [0.2, 0.25) is 0 Å². The van der Waals surface area contributed by atoms with E-state index in [0.29, 0.717) is 10.8 Å². The van der Waals surface area contributed by atoms with E-state index < -0.39 is 0 Å². The Bertz CT molecular complexity index is 137. The van der Waals surface area contributed by atoms with Crippen LogP contribution in [0.3, 0.4) is 0 Å². The van der Waals surface area contributed by atoms with Crippen molar-refractivity contribution in [2.24, 2.45) is 10.8 Å². The van der Waals surface area contributed by atoms with Gasteiger partial charge in [-0.2, -0.15) is 0 Å². The lowest BCUT2D eigenvalue weighted by Gasteiger charge is -2.53. The summed E-state index contributed by atoms with van der Waals surface area (Å²) in [7, 11) is 0. The average Bonchev–Trinajstić information content (AvgIpc) is 2.05. The molecule has 0 bridgehead atoms. The minimum atomic E-state index is 0.712. The minimum Gasteiger partial charge on any atom is -0.0591 e. The van der Waals surface area contributed by atoms with Crippen molar-refractivity contribution in [3.8, 4) is 0 Å². The van der Waals surface area contributed by atoms with Crippen molar-refractivity contribution in [3.05, 3.63) is 0 Å². The van der Waals surface area contributed by atoms with Gasteiger partial charge in [-0.15, -0.1) is 0 Å². The second kappa shape index (κ2) is 2.75. The topological polar surface area (TPSA) is 0 Å². The normalized spacial score (nSPS) is 48.5. The van der Waals surface area contributed by atoms with Crippen molar-refractivity contribution in [2.45, 2.75) is 65.2 Å². The number of hydrogen-bond donors (Lipinski definition) is 0. The third-order valence-electron chi connectivity index (χ3n) is 4.87. The molecule has 0 heteroatoms. The van der Waals surface area contributed by atoms with Crippen LogP contribution in [0.15, 0.2) is 0 Å². The first-order chi connectivity index (χ1) is 5.66. The number of fused-ring (bicyclic) bond motifs is 1. The molecule has 0 N–H and O–H groups in total. The molecule has 2 saturated carbocycles. The van der Waals surface area contributed by atoms with Gasteiger partial charge in [-0.25, -0.2) is 0 Å². The van der Waals surface area contributed by atoms with Crippen LogP contribution in [0.4, 0.5) is 0 Å². The Hall–Kier alpha value is 0. The van der Waals surface area contributed by atoms with Gasteiger partial charge in [-0.1, -0.05) is 39.5 Å². The number of hydrogen-bond acceptors (Lipinski definition) is 0. The van der Waals surface area contributed by atoms with E-state index in [1.54, 1.807) is 0 Å². The first-order valence-corrected chi connectivity index (χ1v) is 5.66. The lowest BCUT2D eigenvalue weighted by atomic mass is 9.52. The zero-order valence-electron chi connectivity index (χ0n) is 8.66. The zero-order chi connectivity index (χ0) is 8.66. The summed E-state index contributed by atoms with van der Waals surface area (Å²) < 4.78 is 0. The quantitative estimate of drug-likeness (QED) is 0.507. The van der Waals surface area contributed by atoms with Crippen LogP contribution in [0.1, 0.15) is 65.2 Å². The van der Waals surface area contributed by atoms with Crippen molar-refractivity contribution in [3.63, 3.8) is 0 Å². The Labute approximate surface area is 76.7 Å². The van der Waals surface area contributed by atoms with Gasteiger partial charge in [0.25, 0.3) is 0 Å². The van der Waals surface area contributed by atoms with Crippen LogP contribution in [-0.2, 0) is 0 Å². The number of rotatable bonds is 0. The van der Waals surface area contributed by atoms with Crippen LogP contribution in [-0.4, -0.2) is 0 Å². The summed E-state index contributed by atoms with van der Waals surface area (Å²) in [5.74, 6) is 0. The maximum atomic E-state index is 2.55. The molecule has 12 heavy (non-hydrogen) atoms. The Kier molecular flexibility index (Phi) is 1.97. The van der Waals surface area contributed by atoms with E-state index in [9.17, 15) is 0 Å². The van der Waals surface area contributed by atoms with Gasteiger partial charge in [-0.05, 0) is 36.5 Å². The molecule has 0 aromatic rings. The molecule has 0 nitrogen and oxygen atoms in total. The molecule has 0 aliphatic heterocycles. The zero-order valence-corrected chi connectivity index (χ0v) is 8.66. The summed E-state index contributed by atoms with van der Waals surface area (Å²) in [6, 6.07) is 0. The van der Waals surface area contributed by atoms with Crippen LogP contribution in [0.2, 0.25) is 0 Å². The highest BCUT2D eigenvalue weighted by molar-refractivity contribution is 4.97. The van der Waals surface area contributed by atoms with Crippen molar-refractivity contribution in [2.75, 3.05) is 0 Å². The molecule has 0 aromatic carbocycles. The van der Waals surface area contributed by atoms with E-state index in [-0.39, 0.29) is 0 Å². The molecule has 2 aliphatic carbocycles. The van der Waals surface area contributed by atoms with Gasteiger partial charge in [0.1, 0.15) is 0 Å². The Morgan fingerprint density at radius 2 is 0.833 bits per heavy atom. The SMILES string of the molecule is CC12CCCCC1(C)CCCC2. The van der Waals surface area contributed by atoms with Crippen LogP contribution in [0, 0.1) is 10.8 Å². The van der Waals surface area contributed by atoms with Crippen LogP contribution in [0.5, 0.6) is 0 Å². The van der Waals surface area contributed by atoms with Crippen molar-refractivity contribution in [1.29, 1.82) is 0 Å². The molecule has 0 aromatic heterocycles. The van der Waals surface area contributed by atoms with Crippen LogP contribution in [0.25, 0.3) is 0 Å². The van der Waals surface area contributed by atoms with Gasteiger partial charge in [-0.3, -0.25) is 0 Å². The fourth-order valence-electron chi connectivity index (χ4n) is 3.52. The van der Waals surface area contributed by atoms with Crippen molar-refractivity contribution < 1.29 is 0 Å². The largest absolute Gasteiger partial charge is 0.0591 e. The van der Waals surface area contributed by atoms with Gasteiger partial charge in [0.15, 0.2) is 0 Å². The molecule has 2 fully saturated rings. The summed E-state index contributed by atoms with van der Waals surface area (Å²) in [4.78, 5) is 0. The third-order valence-corrected chi connectivity index (χ3v) is 4.87. The first-order valence-electron chi connectivity index (χ1n) is 5.66. The molecule has 2 rings (SSSR count). The van der Waals surface area contributed by atoms with E-state index in [0.717, 1.165) is 0 Å². The average molecular weight is 166 g/mol. The van der Waals surface area contributed by atoms with Gasteiger partial charge >= 0.3 is 0 Å². The maximum absolute atomic E-state index is 2.55. The Morgan fingerprint density at radius 3 is 1.08 bits per heavy atom. The summed E-state index contributed by atoms with van der Waals surface area (Å²) in [5.41, 5.74) is 1.42. The molecular weight excluding hydrogens is 144 g/mol. The molecule has 0 unspecified atom stereocenters. The lowest BCUT2D eigenvalue weighted by molar-refractivity contribution is -0.0261. The molecule has 0 saturated heterocycles. The predicted octanol–water partition coefficient (Wildman–Crippen LogP) is 4.15. The Balaban J connectivity index is 2.20. The Morgan fingerprint density at radius 1 is 0.583 bits per heavy atom. The summed E-state index contributed by atoms with van der Waals surface area (Å²) in [6.45, 7) is 5.09. The molecule has 0 atom stereocenters. The van der Waals surface area contributed by atoms with Gasteiger partial charge in [0.05, 0.1) is 0 Å². The summed E-state index contributed by atoms with van der Waals surface area (Å²) >= 11 is 0. The lowest BCUT2D eigenvalue weighted by Crippen LogP contribution is -2.42. The highest BCUT2D eigenvalue weighted by Gasteiger charge is 2.46. The highest BCUT2D eigenvalue weighted by atomic mass is 14.5. The molecule has 70 valence electrons. The molecule has 2 aliphatic rings. The molecule has 0 radical (unpaired) electrons. The fourth-order valence-corrected chi connectivity index (χ4v) is 3.52. The van der Waals surface area contributed by atoms with E-state index in [1.165, 1.54) is 51.4 Å². The highest BCUT2D eigenvalue weighted by Crippen LogP contribution is 2.58. The smallest absolute Gasteiger partial charge is 0.0272 e. The van der Waals surface area contributed by atoms with Gasteiger partial charge < -0.3 is 0 Å². The molecular formula is C12H22. The van der Waals surface area contributed by atoms with Gasteiger partial charge in [0, 0.05) is 0 Å². The maximum Gasteiger partial charge on any atom is -0.0272 e. The van der Waals surface area contributed by atoms with Crippen molar-refractivity contribution >= 4 is 0 Å². The van der Waals surface area contributed by atoms with Crippen LogP contribution >= 0.6 is 0 Å². The van der Waals surface area contributed by atoms with Crippen LogP contribution < -0.4 is 0 Å². The van der Waals surface area contributed by atoms with Crippen molar-refractivity contribution in [1.82, 2.24) is 0 Å². The monoisotopic (exact) mass is 166 g/mol. The van der Waals surface area contributed by atoms with E-state index >= 15 is 0 Å². The van der Waals surface area contributed by atoms with E-state index in [4.69, 9.17) is 0 Å². The van der Waals surface area contributed by atoms with E-state index in [1.807, 2.05) is 0 Å². The summed E-state index contributed by atoms with van der Waals surface area (Å²) in [6.07, 6.45) is 12.0. The van der Waals surface area contributed by atoms with E-state index in [2.05, 4.69) is 13.8 Å². The summed E-state index contributed by atoms with van der Waals surface area (Å²) in [5, 5.41) is 0. The third kappa shape index (κ3) is 1.11.